The third-order valence-electron chi connectivity index (χ3n) is 1.55. The Labute approximate surface area is 92.0 Å². The van der Waals surface area contributed by atoms with Crippen molar-refractivity contribution in [3.63, 3.8) is 0 Å². The fraction of sp³-hybridized carbons (Fsp3) is 0.222. The lowest BCUT2D eigenvalue weighted by atomic mass is 10.3. The third kappa shape index (κ3) is 2.53. The van der Waals surface area contributed by atoms with Gasteiger partial charge in [-0.25, -0.2) is 0 Å². The number of methoxy groups -OCH3 is 1. The van der Waals surface area contributed by atoms with Crippen molar-refractivity contribution in [2.45, 2.75) is 6.92 Å². The molecule has 1 rings (SSSR count). The first-order valence-electron chi connectivity index (χ1n) is 3.85. The standard InChI is InChI=1S/C9H9Cl2NO2/c1-5(13)12-8-3-6(10)7(11)4-9(8)14-2/h3-4H,1-2H3,(H,12,13). The van der Waals surface area contributed by atoms with Crippen molar-refractivity contribution < 1.29 is 9.53 Å². The van der Waals surface area contributed by atoms with Gasteiger partial charge in [-0.1, -0.05) is 23.2 Å². The molecule has 1 N–H and O–H groups in total. The van der Waals surface area contributed by atoms with E-state index in [0.29, 0.717) is 21.5 Å². The van der Waals surface area contributed by atoms with Crippen LogP contribution in [-0.2, 0) is 4.79 Å². The number of carbonyl (C=O) groups excluding carboxylic acids is 1. The minimum absolute atomic E-state index is 0.193. The zero-order valence-electron chi connectivity index (χ0n) is 7.73. The van der Waals surface area contributed by atoms with E-state index >= 15 is 0 Å². The van der Waals surface area contributed by atoms with Crippen molar-refractivity contribution in [2.75, 3.05) is 12.4 Å². The lowest BCUT2D eigenvalue weighted by molar-refractivity contribution is -0.114. The van der Waals surface area contributed by atoms with Crippen LogP contribution in [0.3, 0.4) is 0 Å². The summed E-state index contributed by atoms with van der Waals surface area (Å²) in [4.78, 5) is 10.8. The summed E-state index contributed by atoms with van der Waals surface area (Å²) in [5.41, 5.74) is 0.509. The topological polar surface area (TPSA) is 38.3 Å². The summed E-state index contributed by atoms with van der Waals surface area (Å²) < 4.78 is 5.02. The van der Waals surface area contributed by atoms with Crippen molar-refractivity contribution >= 4 is 34.8 Å². The average Bonchev–Trinajstić information content (AvgIpc) is 2.10. The van der Waals surface area contributed by atoms with Crippen LogP contribution in [0.1, 0.15) is 6.92 Å². The molecule has 0 saturated carbocycles. The highest BCUT2D eigenvalue weighted by molar-refractivity contribution is 6.42. The van der Waals surface area contributed by atoms with E-state index in [0.717, 1.165) is 0 Å². The second kappa shape index (κ2) is 4.53. The van der Waals surface area contributed by atoms with Crippen LogP contribution in [-0.4, -0.2) is 13.0 Å². The minimum Gasteiger partial charge on any atom is -0.495 e. The summed E-state index contributed by atoms with van der Waals surface area (Å²) in [5, 5.41) is 3.34. The molecule has 0 unspecified atom stereocenters. The summed E-state index contributed by atoms with van der Waals surface area (Å²) in [6, 6.07) is 3.10. The number of ether oxygens (including phenoxy) is 1. The molecule has 0 aliphatic rings. The zero-order valence-corrected chi connectivity index (χ0v) is 9.24. The molecule has 76 valence electrons. The van der Waals surface area contributed by atoms with Gasteiger partial charge >= 0.3 is 0 Å². The lowest BCUT2D eigenvalue weighted by Gasteiger charge is -2.09. The smallest absolute Gasteiger partial charge is 0.221 e. The molecule has 0 heterocycles. The third-order valence-corrected chi connectivity index (χ3v) is 2.28. The highest BCUT2D eigenvalue weighted by Gasteiger charge is 2.08. The minimum atomic E-state index is -0.193. The molecule has 0 radical (unpaired) electrons. The second-order valence-electron chi connectivity index (χ2n) is 2.65. The number of amides is 1. The van der Waals surface area contributed by atoms with E-state index in [4.69, 9.17) is 27.9 Å². The highest BCUT2D eigenvalue weighted by atomic mass is 35.5. The molecule has 0 aliphatic carbocycles. The van der Waals surface area contributed by atoms with Crippen molar-refractivity contribution in [2.24, 2.45) is 0 Å². The summed E-state index contributed by atoms with van der Waals surface area (Å²) >= 11 is 11.6. The van der Waals surface area contributed by atoms with Crippen LogP contribution >= 0.6 is 23.2 Å². The number of hydrogen-bond acceptors (Lipinski definition) is 2. The zero-order chi connectivity index (χ0) is 10.7. The molecular formula is C9H9Cl2NO2. The Kier molecular flexibility index (Phi) is 3.61. The fourth-order valence-electron chi connectivity index (χ4n) is 0.985. The maximum atomic E-state index is 10.8. The van der Waals surface area contributed by atoms with Crippen molar-refractivity contribution in [1.29, 1.82) is 0 Å². The molecule has 1 aromatic carbocycles. The molecule has 0 atom stereocenters. The van der Waals surface area contributed by atoms with Gasteiger partial charge in [0.25, 0.3) is 0 Å². The summed E-state index contributed by atoms with van der Waals surface area (Å²) in [6.07, 6.45) is 0. The Morgan fingerprint density at radius 3 is 2.43 bits per heavy atom. The maximum absolute atomic E-state index is 10.8. The van der Waals surface area contributed by atoms with Gasteiger partial charge in [0.2, 0.25) is 5.91 Å². The van der Waals surface area contributed by atoms with Crippen molar-refractivity contribution in [3.05, 3.63) is 22.2 Å². The van der Waals surface area contributed by atoms with E-state index in [-0.39, 0.29) is 5.91 Å². The fourth-order valence-corrected chi connectivity index (χ4v) is 1.30. The van der Waals surface area contributed by atoms with Crippen LogP contribution in [0.5, 0.6) is 5.75 Å². The molecule has 0 spiro atoms. The van der Waals surface area contributed by atoms with Gasteiger partial charge in [0.1, 0.15) is 5.75 Å². The molecule has 14 heavy (non-hydrogen) atoms. The number of carbonyl (C=O) groups is 1. The predicted molar refractivity (Wildman–Crippen MR) is 57.3 cm³/mol. The first kappa shape index (κ1) is 11.1. The van der Waals surface area contributed by atoms with Gasteiger partial charge in [-0.3, -0.25) is 4.79 Å². The number of hydrogen-bond donors (Lipinski definition) is 1. The highest BCUT2D eigenvalue weighted by Crippen LogP contribution is 2.33. The number of rotatable bonds is 2. The summed E-state index contributed by atoms with van der Waals surface area (Å²) in [6.45, 7) is 1.40. The SMILES string of the molecule is COc1cc(Cl)c(Cl)cc1NC(C)=O. The Balaban J connectivity index is 3.13. The Hall–Kier alpha value is -0.930. The van der Waals surface area contributed by atoms with Crippen LogP contribution < -0.4 is 10.1 Å². The van der Waals surface area contributed by atoms with E-state index in [2.05, 4.69) is 5.32 Å². The van der Waals surface area contributed by atoms with Crippen LogP contribution in [0.25, 0.3) is 0 Å². The number of benzene rings is 1. The average molecular weight is 234 g/mol. The van der Waals surface area contributed by atoms with E-state index in [9.17, 15) is 4.79 Å². The van der Waals surface area contributed by atoms with Crippen LogP contribution in [0, 0.1) is 0 Å². The Bertz CT molecular complexity index is 366. The normalized spacial score (nSPS) is 9.71. The molecule has 0 bridgehead atoms. The van der Waals surface area contributed by atoms with Crippen LogP contribution in [0.2, 0.25) is 10.0 Å². The van der Waals surface area contributed by atoms with Gasteiger partial charge < -0.3 is 10.1 Å². The largest absolute Gasteiger partial charge is 0.495 e. The molecule has 0 fully saturated rings. The summed E-state index contributed by atoms with van der Waals surface area (Å²) in [5.74, 6) is 0.288. The van der Waals surface area contributed by atoms with Crippen LogP contribution in [0.15, 0.2) is 12.1 Å². The van der Waals surface area contributed by atoms with Gasteiger partial charge in [-0.15, -0.1) is 0 Å². The first-order valence-corrected chi connectivity index (χ1v) is 4.61. The molecule has 5 heteroatoms. The van der Waals surface area contributed by atoms with Crippen LogP contribution in [0.4, 0.5) is 5.69 Å². The molecule has 1 amide bonds. The molecule has 0 saturated heterocycles. The predicted octanol–water partition coefficient (Wildman–Crippen LogP) is 2.96. The number of nitrogens with one attached hydrogen (secondary N) is 1. The molecule has 0 aromatic heterocycles. The molecule has 3 nitrogen and oxygen atoms in total. The monoisotopic (exact) mass is 233 g/mol. The van der Waals surface area contributed by atoms with Gasteiger partial charge in [-0.2, -0.15) is 0 Å². The quantitative estimate of drug-likeness (QED) is 0.854. The number of anilines is 1. The van der Waals surface area contributed by atoms with E-state index in [1.807, 2.05) is 0 Å². The first-order chi connectivity index (χ1) is 6.54. The molecular weight excluding hydrogens is 225 g/mol. The summed E-state index contributed by atoms with van der Waals surface area (Å²) in [7, 11) is 1.49. The van der Waals surface area contributed by atoms with E-state index < -0.39 is 0 Å². The molecule has 1 aromatic rings. The Morgan fingerprint density at radius 2 is 1.93 bits per heavy atom. The second-order valence-corrected chi connectivity index (χ2v) is 3.46. The van der Waals surface area contributed by atoms with E-state index in [1.54, 1.807) is 12.1 Å². The van der Waals surface area contributed by atoms with Gasteiger partial charge in [0.15, 0.2) is 0 Å². The lowest BCUT2D eigenvalue weighted by Crippen LogP contribution is -2.07. The number of halogens is 2. The maximum Gasteiger partial charge on any atom is 0.221 e. The molecule has 0 aliphatic heterocycles. The van der Waals surface area contributed by atoms with Gasteiger partial charge in [0.05, 0.1) is 22.8 Å². The van der Waals surface area contributed by atoms with Crippen molar-refractivity contribution in [3.8, 4) is 5.75 Å². The van der Waals surface area contributed by atoms with E-state index in [1.165, 1.54) is 14.0 Å². The Morgan fingerprint density at radius 1 is 1.36 bits per heavy atom. The van der Waals surface area contributed by atoms with Gasteiger partial charge in [0, 0.05) is 13.0 Å². The van der Waals surface area contributed by atoms with Gasteiger partial charge in [-0.05, 0) is 6.07 Å². The van der Waals surface area contributed by atoms with Crippen molar-refractivity contribution in [1.82, 2.24) is 0 Å².